The van der Waals surface area contributed by atoms with E-state index in [1.165, 1.54) is 42.8 Å². The van der Waals surface area contributed by atoms with Crippen LogP contribution in [0.15, 0.2) is 126 Å². The van der Waals surface area contributed by atoms with Crippen molar-refractivity contribution in [3.63, 3.8) is 0 Å². The summed E-state index contributed by atoms with van der Waals surface area (Å²) in [7, 11) is 0. The molecule has 46 heavy (non-hydrogen) atoms. The Morgan fingerprint density at radius 1 is 0.696 bits per heavy atom. The molecule has 0 fully saturated rings. The van der Waals surface area contributed by atoms with Gasteiger partial charge in [0.25, 0.3) is 0 Å². The number of pyridine rings is 1. The summed E-state index contributed by atoms with van der Waals surface area (Å²) in [6.07, 6.45) is -0.0984. The van der Waals surface area contributed by atoms with Crippen LogP contribution in [0.2, 0.25) is 0 Å². The molecule has 6 aromatic carbocycles. The summed E-state index contributed by atoms with van der Waals surface area (Å²) < 4.78 is 7.75. The van der Waals surface area contributed by atoms with Crippen LogP contribution in [0.3, 0.4) is 0 Å². The molecule has 10 rings (SSSR count). The topological polar surface area (TPSA) is 41.3 Å². The van der Waals surface area contributed by atoms with Crippen molar-refractivity contribution in [2.24, 2.45) is 0 Å². The minimum atomic E-state index is -0.0984. The lowest BCUT2D eigenvalue weighted by atomic mass is 10.0. The molecule has 1 unspecified atom stereocenters. The van der Waals surface area contributed by atoms with Crippen molar-refractivity contribution in [2.45, 2.75) is 25.9 Å². The van der Waals surface area contributed by atoms with Crippen LogP contribution in [0.1, 0.15) is 37.1 Å². The van der Waals surface area contributed by atoms with Gasteiger partial charge in [-0.25, -0.2) is 4.98 Å². The van der Waals surface area contributed by atoms with Crippen LogP contribution in [-0.2, 0) is 0 Å². The van der Waals surface area contributed by atoms with Crippen LogP contribution in [0, 0.1) is 0 Å². The summed E-state index contributed by atoms with van der Waals surface area (Å²) in [5.41, 5.74) is 8.79. The fraction of sp³-hybridized carbons (Fsp3) is 0.0976. The van der Waals surface area contributed by atoms with Gasteiger partial charge in [-0.05, 0) is 53.3 Å². The largest absolute Gasteiger partial charge is 0.456 e. The molecule has 1 aliphatic heterocycles. The second kappa shape index (κ2) is 9.56. The van der Waals surface area contributed by atoms with E-state index in [0.717, 1.165) is 49.3 Å². The molecule has 0 amide bonds. The van der Waals surface area contributed by atoms with Gasteiger partial charge in [0.1, 0.15) is 22.2 Å². The van der Waals surface area contributed by atoms with E-state index in [2.05, 4.69) is 145 Å². The number of nitrogens with one attached hydrogen (secondary N) is 1. The first-order valence-corrected chi connectivity index (χ1v) is 16.7. The van der Waals surface area contributed by atoms with Crippen molar-refractivity contribution in [1.29, 1.82) is 0 Å². The molecule has 220 valence electrons. The molecule has 5 heteroatoms. The van der Waals surface area contributed by atoms with Gasteiger partial charge in [-0.1, -0.05) is 92.7 Å². The molecule has 9 aromatic rings. The van der Waals surface area contributed by atoms with Gasteiger partial charge in [-0.2, -0.15) is 0 Å². The van der Waals surface area contributed by atoms with E-state index in [-0.39, 0.29) is 6.17 Å². The Hall–Kier alpha value is -5.39. The summed E-state index contributed by atoms with van der Waals surface area (Å²) in [6, 6.07) is 43.8. The Balaban J connectivity index is 1.16. The van der Waals surface area contributed by atoms with Crippen molar-refractivity contribution in [2.75, 3.05) is 10.2 Å². The molecule has 0 bridgehead atoms. The number of rotatable bonds is 3. The summed E-state index contributed by atoms with van der Waals surface area (Å²) in [4.78, 5) is 8.75. The molecule has 1 atom stereocenters. The Kier molecular flexibility index (Phi) is 5.38. The van der Waals surface area contributed by atoms with E-state index in [4.69, 9.17) is 9.40 Å². The van der Waals surface area contributed by atoms with E-state index < -0.39 is 0 Å². The molecular weight excluding hydrogens is 583 g/mol. The molecule has 0 radical (unpaired) electrons. The fourth-order valence-electron chi connectivity index (χ4n) is 7.31. The lowest BCUT2D eigenvalue weighted by Crippen LogP contribution is -2.23. The van der Waals surface area contributed by atoms with Crippen molar-refractivity contribution in [3.8, 4) is 0 Å². The lowest BCUT2D eigenvalue weighted by molar-refractivity contribution is 0.667. The van der Waals surface area contributed by atoms with Gasteiger partial charge < -0.3 is 14.6 Å². The van der Waals surface area contributed by atoms with Crippen molar-refractivity contribution in [1.82, 2.24) is 4.98 Å². The van der Waals surface area contributed by atoms with Gasteiger partial charge >= 0.3 is 0 Å². The molecular formula is C41H29N3OS. The highest BCUT2D eigenvalue weighted by atomic mass is 32.1. The quantitative estimate of drug-likeness (QED) is 0.202. The van der Waals surface area contributed by atoms with Crippen LogP contribution in [0.4, 0.5) is 17.1 Å². The molecule has 4 heterocycles. The smallest absolute Gasteiger partial charge is 0.137 e. The van der Waals surface area contributed by atoms with Gasteiger partial charge in [0.15, 0.2) is 0 Å². The molecule has 1 N–H and O–H groups in total. The molecule has 4 nitrogen and oxygen atoms in total. The highest BCUT2D eigenvalue weighted by molar-refractivity contribution is 7.25. The number of fused-ring (bicyclic) bond motifs is 10. The predicted molar refractivity (Wildman–Crippen MR) is 195 cm³/mol. The number of para-hydroxylation sites is 2. The number of thiophene rings is 1. The summed E-state index contributed by atoms with van der Waals surface area (Å²) >= 11 is 1.79. The molecule has 0 saturated carbocycles. The molecule has 1 aliphatic rings. The number of nitrogens with zero attached hydrogens (tertiary/aromatic N) is 2. The van der Waals surface area contributed by atoms with Crippen LogP contribution in [0.5, 0.6) is 0 Å². The monoisotopic (exact) mass is 611 g/mol. The maximum atomic E-state index is 6.50. The van der Waals surface area contributed by atoms with Gasteiger partial charge in [-0.15, -0.1) is 11.3 Å². The van der Waals surface area contributed by atoms with E-state index in [9.17, 15) is 0 Å². The van der Waals surface area contributed by atoms with Crippen molar-refractivity contribution >= 4 is 92.3 Å². The first-order valence-electron chi connectivity index (χ1n) is 15.9. The van der Waals surface area contributed by atoms with Crippen molar-refractivity contribution in [3.05, 3.63) is 132 Å². The van der Waals surface area contributed by atoms with Crippen LogP contribution >= 0.6 is 11.3 Å². The standard InChI is InChI=1S/C41H29N3OS/c1-23(2)25-16-18-29-30-19-17-27(22-37(30)45-36(29)21-25)44-35-13-6-5-12-34(35)42-40(44)32-11-7-10-31-33-20-26-15-14-24-8-3-4-9-28(24)38(26)43-41(33)46-39(31)32/h3-23,40,42H,1-2H3. The highest BCUT2D eigenvalue weighted by Gasteiger charge is 2.33. The van der Waals surface area contributed by atoms with E-state index >= 15 is 0 Å². The summed E-state index contributed by atoms with van der Waals surface area (Å²) in [5, 5.41) is 12.2. The number of aromatic nitrogens is 1. The predicted octanol–water partition coefficient (Wildman–Crippen LogP) is 12.0. The first kappa shape index (κ1) is 25.9. The first-order chi connectivity index (χ1) is 22.6. The summed E-state index contributed by atoms with van der Waals surface area (Å²) in [5.74, 6) is 0.450. The zero-order valence-electron chi connectivity index (χ0n) is 25.4. The van der Waals surface area contributed by atoms with Crippen LogP contribution < -0.4 is 10.2 Å². The van der Waals surface area contributed by atoms with Crippen LogP contribution in [0.25, 0.3) is 63.9 Å². The average Bonchev–Trinajstić information content (AvgIpc) is 3.77. The third kappa shape index (κ3) is 3.69. The number of hydrogen-bond acceptors (Lipinski definition) is 5. The Labute approximate surface area is 269 Å². The number of furan rings is 1. The van der Waals surface area contributed by atoms with Gasteiger partial charge in [0.05, 0.1) is 16.9 Å². The molecule has 3 aromatic heterocycles. The van der Waals surface area contributed by atoms with E-state index in [1.54, 1.807) is 11.3 Å². The Morgan fingerprint density at radius 3 is 2.39 bits per heavy atom. The number of benzene rings is 6. The fourth-order valence-corrected chi connectivity index (χ4v) is 8.50. The van der Waals surface area contributed by atoms with Crippen LogP contribution in [-0.4, -0.2) is 4.98 Å². The maximum Gasteiger partial charge on any atom is 0.137 e. The number of hydrogen-bond donors (Lipinski definition) is 1. The van der Waals surface area contributed by atoms with Gasteiger partial charge in [0, 0.05) is 54.3 Å². The maximum absolute atomic E-state index is 6.50. The second-order valence-electron chi connectivity index (χ2n) is 12.7. The van der Waals surface area contributed by atoms with E-state index in [0.29, 0.717) is 5.92 Å². The average molecular weight is 612 g/mol. The Bertz CT molecular complexity index is 2680. The zero-order valence-corrected chi connectivity index (χ0v) is 26.2. The normalized spacial score (nSPS) is 14.8. The number of anilines is 3. The molecule has 0 spiro atoms. The minimum Gasteiger partial charge on any atom is -0.456 e. The minimum absolute atomic E-state index is 0.0984. The SMILES string of the molecule is CC(C)c1ccc2c(c1)oc1cc(N3c4ccccc4NC3c3cccc4c3sc3nc5c(ccc6ccccc65)cc34)ccc12. The third-order valence-corrected chi connectivity index (χ3v) is 10.8. The second-order valence-corrected chi connectivity index (χ2v) is 13.7. The van der Waals surface area contributed by atoms with Gasteiger partial charge in [0.2, 0.25) is 0 Å². The molecule has 0 aliphatic carbocycles. The molecule has 0 saturated heterocycles. The highest BCUT2D eigenvalue weighted by Crippen LogP contribution is 2.49. The Morgan fingerprint density at radius 2 is 1.48 bits per heavy atom. The lowest BCUT2D eigenvalue weighted by Gasteiger charge is -2.27. The zero-order chi connectivity index (χ0) is 30.5. The summed E-state index contributed by atoms with van der Waals surface area (Å²) in [6.45, 7) is 4.44. The third-order valence-electron chi connectivity index (χ3n) is 9.64. The van der Waals surface area contributed by atoms with Gasteiger partial charge in [-0.3, -0.25) is 0 Å². The van der Waals surface area contributed by atoms with Crippen molar-refractivity contribution < 1.29 is 4.42 Å². The van der Waals surface area contributed by atoms with E-state index in [1.807, 2.05) is 0 Å².